The molecule has 0 radical (unpaired) electrons. The number of nitrogens with zero attached hydrogens (tertiary/aromatic N) is 2. The van der Waals surface area contributed by atoms with E-state index in [1.807, 2.05) is 0 Å². The predicted molar refractivity (Wildman–Crippen MR) is 88.3 cm³/mol. The van der Waals surface area contributed by atoms with Crippen molar-refractivity contribution < 1.29 is 0 Å². The minimum atomic E-state index is 0.418. The molecule has 0 aromatic carbocycles. The number of rotatable bonds is 2. The van der Waals surface area contributed by atoms with Crippen LogP contribution in [0.15, 0.2) is 4.99 Å². The molecular weight excluding hydrogens is 244 g/mol. The lowest BCUT2D eigenvalue weighted by Gasteiger charge is -2.44. The smallest absolute Gasteiger partial charge is 0.103 e. The fraction of sp³-hybridized carbons (Fsp3) is 0.944. The Balaban J connectivity index is 2.27. The summed E-state index contributed by atoms with van der Waals surface area (Å²) in [6.07, 6.45) is 6.86. The summed E-state index contributed by atoms with van der Waals surface area (Å²) in [5.74, 6) is 3.01. The molecule has 1 heterocycles. The largest absolute Gasteiger partial charge is 0.358 e. The van der Waals surface area contributed by atoms with E-state index in [2.05, 4.69) is 46.4 Å². The maximum atomic E-state index is 5.06. The van der Waals surface area contributed by atoms with Crippen LogP contribution in [0.2, 0.25) is 0 Å². The molecule has 0 N–H and O–H groups in total. The number of aliphatic imine (C=N–C) groups is 1. The lowest BCUT2D eigenvalue weighted by atomic mass is 9.75. The minimum absolute atomic E-state index is 0.418. The van der Waals surface area contributed by atoms with Gasteiger partial charge < -0.3 is 4.90 Å². The van der Waals surface area contributed by atoms with E-state index in [0.717, 1.165) is 11.8 Å². The van der Waals surface area contributed by atoms with Crippen molar-refractivity contribution in [3.63, 3.8) is 0 Å². The Labute approximate surface area is 126 Å². The Morgan fingerprint density at radius 1 is 1.15 bits per heavy atom. The third-order valence-electron chi connectivity index (χ3n) is 5.13. The molecule has 20 heavy (non-hydrogen) atoms. The Morgan fingerprint density at radius 2 is 1.85 bits per heavy atom. The molecule has 0 amide bonds. The first kappa shape index (κ1) is 15.9. The highest BCUT2D eigenvalue weighted by molar-refractivity contribution is 5.86. The number of amidine groups is 1. The van der Waals surface area contributed by atoms with Crippen LogP contribution in [-0.4, -0.2) is 29.4 Å². The number of piperidine rings is 1. The van der Waals surface area contributed by atoms with Gasteiger partial charge in [0.2, 0.25) is 0 Å². The standard InChI is InChI=1S/C18H34N2/c1-13(2)19-17-16-8-7-10-18(5,6)12-15(16)9-11-20(17)14(3)4/h13-16H,7-12H2,1-6H3. The van der Waals surface area contributed by atoms with Gasteiger partial charge in [0.25, 0.3) is 0 Å². The van der Waals surface area contributed by atoms with Crippen molar-refractivity contribution in [3.8, 4) is 0 Å². The van der Waals surface area contributed by atoms with Crippen LogP contribution in [-0.2, 0) is 0 Å². The van der Waals surface area contributed by atoms with Crippen LogP contribution in [0.1, 0.15) is 73.6 Å². The summed E-state index contributed by atoms with van der Waals surface area (Å²) >= 11 is 0. The van der Waals surface area contributed by atoms with Crippen molar-refractivity contribution in [1.82, 2.24) is 4.90 Å². The first-order valence-electron chi connectivity index (χ1n) is 8.64. The fourth-order valence-corrected chi connectivity index (χ4v) is 4.22. The summed E-state index contributed by atoms with van der Waals surface area (Å²) in [7, 11) is 0. The van der Waals surface area contributed by atoms with E-state index in [-0.39, 0.29) is 0 Å². The second-order valence-corrected chi connectivity index (χ2v) is 8.28. The molecule has 1 saturated carbocycles. The van der Waals surface area contributed by atoms with Gasteiger partial charge in [-0.3, -0.25) is 4.99 Å². The van der Waals surface area contributed by atoms with Gasteiger partial charge in [0.05, 0.1) is 0 Å². The van der Waals surface area contributed by atoms with Crippen LogP contribution in [0.3, 0.4) is 0 Å². The number of hydrogen-bond donors (Lipinski definition) is 0. The van der Waals surface area contributed by atoms with Crippen LogP contribution in [0.25, 0.3) is 0 Å². The molecular formula is C18H34N2. The zero-order valence-electron chi connectivity index (χ0n) is 14.4. The maximum Gasteiger partial charge on any atom is 0.103 e. The van der Waals surface area contributed by atoms with Crippen molar-refractivity contribution >= 4 is 5.84 Å². The first-order chi connectivity index (χ1) is 9.30. The molecule has 1 aliphatic heterocycles. The van der Waals surface area contributed by atoms with E-state index in [0.29, 0.717) is 17.5 Å². The van der Waals surface area contributed by atoms with Crippen molar-refractivity contribution in [2.75, 3.05) is 6.54 Å². The molecule has 1 aliphatic carbocycles. The topological polar surface area (TPSA) is 15.6 Å². The zero-order valence-corrected chi connectivity index (χ0v) is 14.4. The van der Waals surface area contributed by atoms with Gasteiger partial charge in [0.1, 0.15) is 5.84 Å². The molecule has 1 saturated heterocycles. The van der Waals surface area contributed by atoms with E-state index < -0.39 is 0 Å². The molecule has 2 nitrogen and oxygen atoms in total. The summed E-state index contributed by atoms with van der Waals surface area (Å²) < 4.78 is 0. The van der Waals surface area contributed by atoms with Crippen molar-refractivity contribution in [2.45, 2.75) is 85.7 Å². The summed E-state index contributed by atoms with van der Waals surface area (Å²) in [6, 6.07) is 1.01. The van der Waals surface area contributed by atoms with Gasteiger partial charge in [-0.25, -0.2) is 0 Å². The minimum Gasteiger partial charge on any atom is -0.358 e. The Hall–Kier alpha value is -0.530. The Bertz CT molecular complexity index is 354. The summed E-state index contributed by atoms with van der Waals surface area (Å²) in [5, 5.41) is 0. The highest BCUT2D eigenvalue weighted by atomic mass is 15.2. The van der Waals surface area contributed by atoms with Gasteiger partial charge in [0, 0.05) is 24.5 Å². The van der Waals surface area contributed by atoms with E-state index >= 15 is 0 Å². The predicted octanol–water partition coefficient (Wildman–Crippen LogP) is 4.74. The molecule has 2 atom stereocenters. The third kappa shape index (κ3) is 3.56. The van der Waals surface area contributed by atoms with E-state index in [1.54, 1.807) is 0 Å². The molecule has 2 aliphatic rings. The van der Waals surface area contributed by atoms with Crippen LogP contribution in [0.4, 0.5) is 0 Å². The van der Waals surface area contributed by atoms with Gasteiger partial charge in [-0.2, -0.15) is 0 Å². The summed E-state index contributed by atoms with van der Waals surface area (Å²) in [5.41, 5.74) is 0.530. The number of fused-ring (bicyclic) bond motifs is 1. The SMILES string of the molecule is CC(C)N=C1C2CCCC(C)(C)CC2CCN1C(C)C. The maximum absolute atomic E-state index is 5.06. The molecule has 2 rings (SSSR count). The van der Waals surface area contributed by atoms with Gasteiger partial charge >= 0.3 is 0 Å². The normalized spacial score (nSPS) is 32.6. The Morgan fingerprint density at radius 3 is 2.45 bits per heavy atom. The van der Waals surface area contributed by atoms with Crippen LogP contribution in [0, 0.1) is 17.3 Å². The molecule has 2 unspecified atom stereocenters. The summed E-state index contributed by atoms with van der Waals surface area (Å²) in [4.78, 5) is 7.64. The van der Waals surface area contributed by atoms with Crippen molar-refractivity contribution in [3.05, 3.63) is 0 Å². The average Bonchev–Trinajstić information content (AvgIpc) is 2.45. The summed E-state index contributed by atoms with van der Waals surface area (Å²) in [6.45, 7) is 15.2. The highest BCUT2D eigenvalue weighted by Crippen LogP contribution is 2.44. The van der Waals surface area contributed by atoms with Crippen molar-refractivity contribution in [1.29, 1.82) is 0 Å². The van der Waals surface area contributed by atoms with E-state index in [1.165, 1.54) is 44.5 Å². The van der Waals surface area contributed by atoms with Gasteiger partial charge in [-0.05, 0) is 64.7 Å². The molecule has 116 valence electrons. The second kappa shape index (κ2) is 6.07. The quantitative estimate of drug-likeness (QED) is 0.712. The molecule has 0 spiro atoms. The zero-order chi connectivity index (χ0) is 14.9. The molecule has 0 bridgehead atoms. The van der Waals surface area contributed by atoms with E-state index in [9.17, 15) is 0 Å². The highest BCUT2D eigenvalue weighted by Gasteiger charge is 2.40. The monoisotopic (exact) mass is 278 g/mol. The van der Waals surface area contributed by atoms with Gasteiger partial charge in [-0.1, -0.05) is 20.3 Å². The molecule has 2 fully saturated rings. The molecule has 0 aromatic heterocycles. The van der Waals surface area contributed by atoms with Crippen LogP contribution < -0.4 is 0 Å². The van der Waals surface area contributed by atoms with Crippen LogP contribution in [0.5, 0.6) is 0 Å². The second-order valence-electron chi connectivity index (χ2n) is 8.28. The van der Waals surface area contributed by atoms with E-state index in [4.69, 9.17) is 4.99 Å². The number of hydrogen-bond acceptors (Lipinski definition) is 1. The van der Waals surface area contributed by atoms with Gasteiger partial charge in [0.15, 0.2) is 0 Å². The lowest BCUT2D eigenvalue weighted by Crippen LogP contribution is -2.49. The average molecular weight is 278 g/mol. The van der Waals surface area contributed by atoms with Crippen molar-refractivity contribution in [2.24, 2.45) is 22.2 Å². The van der Waals surface area contributed by atoms with Gasteiger partial charge in [-0.15, -0.1) is 0 Å². The first-order valence-corrected chi connectivity index (χ1v) is 8.64. The van der Waals surface area contributed by atoms with Crippen LogP contribution >= 0.6 is 0 Å². The third-order valence-corrected chi connectivity index (χ3v) is 5.13. The Kier molecular flexibility index (Phi) is 4.81. The molecule has 2 heteroatoms. The number of likely N-dealkylation sites (tertiary alicyclic amines) is 1. The molecule has 0 aromatic rings. The fourth-order valence-electron chi connectivity index (χ4n) is 4.22. The lowest BCUT2D eigenvalue weighted by molar-refractivity contribution is 0.182.